The molecule has 3 aromatic rings. The number of nitrogens with zero attached hydrogens (tertiary/aromatic N) is 2. The number of hydrogen-bond acceptors (Lipinski definition) is 5. The van der Waals surface area contributed by atoms with Gasteiger partial charge in [0.1, 0.15) is 5.82 Å². The lowest BCUT2D eigenvalue weighted by molar-refractivity contribution is -0.120. The van der Waals surface area contributed by atoms with Crippen molar-refractivity contribution in [2.24, 2.45) is 0 Å². The molecule has 5 nitrogen and oxygen atoms in total. The molecular weight excluding hydrogens is 377 g/mol. The number of thioether (sulfide) groups is 1. The number of hydrogen-bond donors (Lipinski definition) is 1. The van der Waals surface area contributed by atoms with E-state index >= 15 is 0 Å². The third-order valence-electron chi connectivity index (χ3n) is 4.44. The molecule has 1 amide bonds. The second-order valence-electron chi connectivity index (χ2n) is 6.37. The van der Waals surface area contributed by atoms with Gasteiger partial charge in [0.25, 0.3) is 11.1 Å². The fraction of sp³-hybridized carbons (Fsp3) is 0.286. The quantitative estimate of drug-likeness (QED) is 0.558. The zero-order valence-corrected chi connectivity index (χ0v) is 16.6. The van der Waals surface area contributed by atoms with Crippen LogP contribution < -0.4 is 5.32 Å². The van der Waals surface area contributed by atoms with E-state index in [4.69, 9.17) is 4.42 Å². The van der Waals surface area contributed by atoms with Gasteiger partial charge < -0.3 is 9.73 Å². The Morgan fingerprint density at radius 2 is 1.86 bits per heavy atom. The highest BCUT2D eigenvalue weighted by Crippen LogP contribution is 2.27. The van der Waals surface area contributed by atoms with Gasteiger partial charge in [-0.25, -0.2) is 4.39 Å². The summed E-state index contributed by atoms with van der Waals surface area (Å²) in [5.74, 6) is -0.174. The van der Waals surface area contributed by atoms with Crippen molar-refractivity contribution < 1.29 is 13.6 Å². The molecule has 0 aliphatic heterocycles. The van der Waals surface area contributed by atoms with Crippen LogP contribution in [0, 0.1) is 5.82 Å². The third-order valence-corrected chi connectivity index (χ3v) is 5.38. The fourth-order valence-corrected chi connectivity index (χ4v) is 3.50. The first-order valence-corrected chi connectivity index (χ1v) is 10.0. The first-order chi connectivity index (χ1) is 13.6. The Labute approximate surface area is 167 Å². The summed E-state index contributed by atoms with van der Waals surface area (Å²) < 4.78 is 19.3. The number of nitrogens with one attached hydrogen (secondary N) is 1. The second kappa shape index (κ2) is 9.50. The Balaban J connectivity index is 1.57. The molecule has 7 heteroatoms. The predicted molar refractivity (Wildman–Crippen MR) is 107 cm³/mol. The molecule has 28 heavy (non-hydrogen) atoms. The molecule has 1 heterocycles. The van der Waals surface area contributed by atoms with Crippen LogP contribution in [0.15, 0.2) is 64.2 Å². The highest BCUT2D eigenvalue weighted by atomic mass is 32.2. The summed E-state index contributed by atoms with van der Waals surface area (Å²) in [6.07, 6.45) is 0.932. The highest BCUT2D eigenvalue weighted by molar-refractivity contribution is 8.00. The average Bonchev–Trinajstić information content (AvgIpc) is 3.17. The van der Waals surface area contributed by atoms with E-state index < -0.39 is 11.1 Å². The van der Waals surface area contributed by atoms with E-state index in [1.54, 1.807) is 25.1 Å². The molecule has 0 unspecified atom stereocenters. The number of amides is 1. The van der Waals surface area contributed by atoms with E-state index in [-0.39, 0.29) is 28.5 Å². The Kier molecular flexibility index (Phi) is 6.81. The van der Waals surface area contributed by atoms with Crippen LogP contribution in [0.3, 0.4) is 0 Å². The smallest absolute Gasteiger partial charge is 0.277 e. The van der Waals surface area contributed by atoms with E-state index in [0.717, 1.165) is 18.2 Å². The van der Waals surface area contributed by atoms with Crippen LogP contribution in [0.25, 0.3) is 11.5 Å². The molecule has 0 fully saturated rings. The van der Waals surface area contributed by atoms with E-state index in [1.807, 2.05) is 18.2 Å². The molecule has 0 aliphatic carbocycles. The van der Waals surface area contributed by atoms with Gasteiger partial charge in [-0.2, -0.15) is 0 Å². The lowest BCUT2D eigenvalue weighted by Crippen LogP contribution is -2.34. The van der Waals surface area contributed by atoms with Crippen molar-refractivity contribution in [1.82, 2.24) is 15.5 Å². The molecular formula is C21H22FN3O2S. The Morgan fingerprint density at radius 1 is 1.14 bits per heavy atom. The van der Waals surface area contributed by atoms with Crippen LogP contribution in [-0.4, -0.2) is 27.9 Å². The van der Waals surface area contributed by atoms with Crippen LogP contribution in [0.5, 0.6) is 0 Å². The Bertz CT molecular complexity index is 917. The largest absolute Gasteiger partial charge is 0.411 e. The van der Waals surface area contributed by atoms with Crippen LogP contribution in [0.1, 0.15) is 31.7 Å². The standard InChI is InChI=1S/C21H22FN3O2S/c1-3-15(16-9-5-4-6-10-16)13-23-19(26)14(2)28-21-25-24-20(27-21)17-11-7-8-12-18(17)22/h4-12,14-15H,3,13H2,1-2H3,(H,23,26)/t14-,15+/m1/s1. The summed E-state index contributed by atoms with van der Waals surface area (Å²) in [4.78, 5) is 12.4. The lowest BCUT2D eigenvalue weighted by Gasteiger charge is -2.17. The van der Waals surface area contributed by atoms with Gasteiger partial charge in [-0.1, -0.05) is 61.2 Å². The van der Waals surface area contributed by atoms with Crippen molar-refractivity contribution in [3.8, 4) is 11.5 Å². The number of rotatable bonds is 8. The van der Waals surface area contributed by atoms with Crippen LogP contribution in [0.4, 0.5) is 4.39 Å². The van der Waals surface area contributed by atoms with Gasteiger partial charge >= 0.3 is 0 Å². The van der Waals surface area contributed by atoms with Crippen LogP contribution >= 0.6 is 11.8 Å². The third kappa shape index (κ3) is 4.98. The van der Waals surface area contributed by atoms with Crippen molar-refractivity contribution in [3.05, 3.63) is 66.0 Å². The molecule has 2 aromatic carbocycles. The molecule has 0 aliphatic rings. The van der Waals surface area contributed by atoms with Crippen molar-refractivity contribution in [2.45, 2.75) is 36.7 Å². The molecule has 0 radical (unpaired) electrons. The van der Waals surface area contributed by atoms with Gasteiger partial charge in [-0.3, -0.25) is 4.79 Å². The summed E-state index contributed by atoms with van der Waals surface area (Å²) in [6.45, 7) is 4.44. The SMILES string of the molecule is CC[C@@H](CNC(=O)[C@@H](C)Sc1nnc(-c2ccccc2F)o1)c1ccccc1. The molecule has 3 rings (SSSR count). The number of aromatic nitrogens is 2. The average molecular weight is 399 g/mol. The summed E-state index contributed by atoms with van der Waals surface area (Å²) >= 11 is 1.15. The highest BCUT2D eigenvalue weighted by Gasteiger charge is 2.20. The number of halogens is 1. The first kappa shape index (κ1) is 20.1. The van der Waals surface area contributed by atoms with E-state index in [2.05, 4.69) is 34.6 Å². The molecule has 1 aromatic heterocycles. The predicted octanol–water partition coefficient (Wildman–Crippen LogP) is 4.67. The zero-order chi connectivity index (χ0) is 19.9. The van der Waals surface area contributed by atoms with Gasteiger partial charge in [-0.05, 0) is 31.0 Å². The first-order valence-electron chi connectivity index (χ1n) is 9.16. The lowest BCUT2D eigenvalue weighted by atomic mass is 9.96. The molecule has 146 valence electrons. The van der Waals surface area contributed by atoms with Gasteiger partial charge in [0.2, 0.25) is 5.91 Å². The van der Waals surface area contributed by atoms with Crippen molar-refractivity contribution in [1.29, 1.82) is 0 Å². The topological polar surface area (TPSA) is 68.0 Å². The van der Waals surface area contributed by atoms with Crippen LogP contribution in [-0.2, 0) is 4.79 Å². The van der Waals surface area contributed by atoms with Gasteiger partial charge in [0.05, 0.1) is 10.8 Å². The van der Waals surface area contributed by atoms with Gasteiger partial charge in [-0.15, -0.1) is 10.2 Å². The summed E-state index contributed by atoms with van der Waals surface area (Å²) in [5.41, 5.74) is 1.45. The maximum absolute atomic E-state index is 13.8. The maximum atomic E-state index is 13.8. The van der Waals surface area contributed by atoms with E-state index in [9.17, 15) is 9.18 Å². The normalized spacial score (nSPS) is 13.1. The van der Waals surface area contributed by atoms with Crippen molar-refractivity contribution >= 4 is 17.7 Å². The van der Waals surface area contributed by atoms with Crippen molar-refractivity contribution in [2.75, 3.05) is 6.54 Å². The minimum absolute atomic E-state index is 0.100. The number of carbonyl (C=O) groups excluding carboxylic acids is 1. The van der Waals surface area contributed by atoms with E-state index in [0.29, 0.717) is 6.54 Å². The molecule has 0 saturated heterocycles. The molecule has 0 bridgehead atoms. The minimum Gasteiger partial charge on any atom is -0.411 e. The minimum atomic E-state index is -0.431. The number of carbonyl (C=O) groups is 1. The molecule has 0 saturated carbocycles. The number of benzene rings is 2. The molecule has 1 N–H and O–H groups in total. The van der Waals surface area contributed by atoms with Crippen LogP contribution in [0.2, 0.25) is 0 Å². The Morgan fingerprint density at radius 3 is 2.57 bits per heavy atom. The van der Waals surface area contributed by atoms with E-state index in [1.165, 1.54) is 11.6 Å². The van der Waals surface area contributed by atoms with Gasteiger partial charge in [0.15, 0.2) is 0 Å². The molecule has 2 atom stereocenters. The fourth-order valence-electron chi connectivity index (χ4n) is 2.80. The molecule has 0 spiro atoms. The Hall–Kier alpha value is -2.67. The monoisotopic (exact) mass is 399 g/mol. The van der Waals surface area contributed by atoms with Gasteiger partial charge in [0, 0.05) is 12.5 Å². The maximum Gasteiger partial charge on any atom is 0.277 e. The zero-order valence-electron chi connectivity index (χ0n) is 15.8. The summed E-state index contributed by atoms with van der Waals surface area (Å²) in [7, 11) is 0. The van der Waals surface area contributed by atoms with Crippen molar-refractivity contribution in [3.63, 3.8) is 0 Å². The summed E-state index contributed by atoms with van der Waals surface area (Å²) in [6, 6.07) is 16.3. The summed E-state index contributed by atoms with van der Waals surface area (Å²) in [5, 5.41) is 10.6. The second-order valence-corrected chi connectivity index (χ2v) is 7.67.